The van der Waals surface area contributed by atoms with Crippen molar-refractivity contribution in [3.8, 4) is 0 Å². The number of pyridine rings is 1. The predicted octanol–water partition coefficient (Wildman–Crippen LogP) is 2.93. The van der Waals surface area contributed by atoms with Crippen molar-refractivity contribution in [2.75, 3.05) is 5.73 Å². The maximum atomic E-state index is 6.03. The minimum atomic E-state index is 0.319. The first-order valence-electron chi connectivity index (χ1n) is 6.15. The molecule has 0 saturated heterocycles. The molecule has 2 rings (SSSR count). The highest BCUT2D eigenvalue weighted by Crippen LogP contribution is 2.28. The Morgan fingerprint density at radius 2 is 2.12 bits per heavy atom. The highest BCUT2D eigenvalue weighted by Gasteiger charge is 2.19. The minimum Gasteiger partial charge on any atom is -0.369 e. The molecule has 0 aliphatic rings. The number of hydrogen-bond donors (Lipinski definition) is 1. The number of nitrogens with zero attached hydrogens (tertiary/aromatic N) is 3. The molecule has 2 aromatic heterocycles. The van der Waals surface area contributed by atoms with E-state index in [9.17, 15) is 0 Å². The average molecular weight is 232 g/mol. The van der Waals surface area contributed by atoms with Crippen molar-refractivity contribution in [2.45, 2.75) is 40.2 Å². The van der Waals surface area contributed by atoms with Crippen LogP contribution in [0.25, 0.3) is 11.2 Å². The lowest BCUT2D eigenvalue weighted by molar-refractivity contribution is 0.379. The number of nitrogens with two attached hydrogens (primary N) is 1. The van der Waals surface area contributed by atoms with Crippen LogP contribution in [0, 0.1) is 12.8 Å². The fraction of sp³-hybridized carbons (Fsp3) is 0.538. The van der Waals surface area contributed by atoms with Gasteiger partial charge in [-0.3, -0.25) is 4.57 Å². The number of fused-ring (bicyclic) bond motifs is 1. The van der Waals surface area contributed by atoms with Crippen LogP contribution < -0.4 is 5.73 Å². The molecule has 92 valence electrons. The van der Waals surface area contributed by atoms with E-state index in [1.807, 2.05) is 19.2 Å². The average Bonchev–Trinajstić information content (AvgIpc) is 2.65. The number of anilines is 1. The highest BCUT2D eigenvalue weighted by molar-refractivity contribution is 5.77. The molecule has 0 radical (unpaired) electrons. The first-order chi connectivity index (χ1) is 8.06. The Morgan fingerprint density at radius 1 is 1.41 bits per heavy atom. The van der Waals surface area contributed by atoms with E-state index in [1.54, 1.807) is 0 Å². The molecule has 2 unspecified atom stereocenters. The van der Waals surface area contributed by atoms with Crippen LogP contribution in [0.4, 0.5) is 5.95 Å². The molecule has 0 bridgehead atoms. The van der Waals surface area contributed by atoms with Crippen LogP contribution in [0.5, 0.6) is 0 Å². The van der Waals surface area contributed by atoms with Crippen molar-refractivity contribution in [1.29, 1.82) is 0 Å². The van der Waals surface area contributed by atoms with Crippen molar-refractivity contribution in [3.05, 3.63) is 17.8 Å². The summed E-state index contributed by atoms with van der Waals surface area (Å²) in [5.74, 6) is 1.12. The van der Waals surface area contributed by atoms with Gasteiger partial charge in [-0.05, 0) is 31.4 Å². The first kappa shape index (κ1) is 11.9. The van der Waals surface area contributed by atoms with Gasteiger partial charge in [0.15, 0.2) is 5.65 Å². The Labute approximate surface area is 102 Å². The molecule has 2 atom stereocenters. The summed E-state index contributed by atoms with van der Waals surface area (Å²) in [4.78, 5) is 8.85. The molecule has 0 aliphatic heterocycles. The molecule has 2 heterocycles. The molecule has 0 amide bonds. The summed E-state index contributed by atoms with van der Waals surface area (Å²) in [5, 5.41) is 0. The van der Waals surface area contributed by atoms with Crippen LogP contribution in [0.3, 0.4) is 0 Å². The number of imidazole rings is 1. The Bertz CT molecular complexity index is 529. The molecule has 0 aromatic carbocycles. The molecule has 2 aromatic rings. The zero-order valence-corrected chi connectivity index (χ0v) is 10.9. The fourth-order valence-corrected chi connectivity index (χ4v) is 2.12. The van der Waals surface area contributed by atoms with E-state index in [0.29, 0.717) is 17.9 Å². The smallest absolute Gasteiger partial charge is 0.202 e. The first-order valence-corrected chi connectivity index (χ1v) is 6.15. The quantitative estimate of drug-likeness (QED) is 0.885. The molecule has 17 heavy (non-hydrogen) atoms. The maximum absolute atomic E-state index is 6.03. The lowest BCUT2D eigenvalue weighted by Crippen LogP contribution is -2.16. The summed E-state index contributed by atoms with van der Waals surface area (Å²) in [7, 11) is 0. The summed E-state index contributed by atoms with van der Waals surface area (Å²) < 4.78 is 2.05. The fourth-order valence-electron chi connectivity index (χ4n) is 2.12. The van der Waals surface area contributed by atoms with Crippen LogP contribution in [0.2, 0.25) is 0 Å². The zero-order valence-electron chi connectivity index (χ0n) is 10.9. The van der Waals surface area contributed by atoms with E-state index in [-0.39, 0.29) is 0 Å². The molecule has 4 heteroatoms. The monoisotopic (exact) mass is 232 g/mol. The van der Waals surface area contributed by atoms with Crippen molar-refractivity contribution < 1.29 is 0 Å². The van der Waals surface area contributed by atoms with E-state index < -0.39 is 0 Å². The van der Waals surface area contributed by atoms with E-state index >= 15 is 0 Å². The third-order valence-electron chi connectivity index (χ3n) is 3.68. The summed E-state index contributed by atoms with van der Waals surface area (Å²) in [6.07, 6.45) is 2.94. The van der Waals surface area contributed by atoms with Crippen molar-refractivity contribution in [3.63, 3.8) is 0 Å². The number of nitrogen functional groups attached to an aromatic ring is 1. The van der Waals surface area contributed by atoms with E-state index in [2.05, 4.69) is 35.3 Å². The van der Waals surface area contributed by atoms with Gasteiger partial charge in [0.05, 0.1) is 0 Å². The predicted molar refractivity (Wildman–Crippen MR) is 70.8 cm³/mol. The SMILES string of the molecule is CCC(C)C(C)n1c(N)nc2c(C)ccnc21. The Balaban J connectivity index is 2.61. The van der Waals surface area contributed by atoms with Crippen molar-refractivity contribution in [1.82, 2.24) is 14.5 Å². The largest absolute Gasteiger partial charge is 0.369 e. The number of rotatable bonds is 3. The summed E-state index contributed by atoms with van der Waals surface area (Å²) in [5.41, 5.74) is 8.96. The highest BCUT2D eigenvalue weighted by atomic mass is 15.2. The molecule has 0 aliphatic carbocycles. The second-order valence-electron chi connectivity index (χ2n) is 4.77. The van der Waals surface area contributed by atoms with Gasteiger partial charge in [-0.1, -0.05) is 20.3 Å². The Morgan fingerprint density at radius 3 is 2.76 bits per heavy atom. The van der Waals surface area contributed by atoms with Gasteiger partial charge < -0.3 is 5.73 Å². The topological polar surface area (TPSA) is 56.7 Å². The molecule has 0 spiro atoms. The van der Waals surface area contributed by atoms with E-state index in [4.69, 9.17) is 5.73 Å². The van der Waals surface area contributed by atoms with E-state index in [1.165, 1.54) is 0 Å². The van der Waals surface area contributed by atoms with Crippen LogP contribution in [0.1, 0.15) is 38.8 Å². The number of aromatic nitrogens is 3. The Kier molecular flexibility index (Phi) is 3.05. The third-order valence-corrected chi connectivity index (χ3v) is 3.68. The molecule has 2 N–H and O–H groups in total. The molecular formula is C13H20N4. The normalized spacial score (nSPS) is 15.1. The standard InChI is InChI=1S/C13H20N4/c1-5-8(2)10(4)17-12-11(16-13(17)14)9(3)6-7-15-12/h6-8,10H,5H2,1-4H3,(H2,14,16). The van der Waals surface area contributed by atoms with Crippen molar-refractivity contribution in [2.24, 2.45) is 5.92 Å². The zero-order chi connectivity index (χ0) is 12.6. The Hall–Kier alpha value is -1.58. The van der Waals surface area contributed by atoms with Gasteiger partial charge in [-0.15, -0.1) is 0 Å². The number of aryl methyl sites for hydroxylation is 1. The van der Waals surface area contributed by atoms with Gasteiger partial charge in [0.1, 0.15) is 5.52 Å². The van der Waals surface area contributed by atoms with Gasteiger partial charge in [0.2, 0.25) is 5.95 Å². The van der Waals surface area contributed by atoms with Crippen LogP contribution in [-0.4, -0.2) is 14.5 Å². The summed E-state index contributed by atoms with van der Waals surface area (Å²) >= 11 is 0. The van der Waals surface area contributed by atoms with Gasteiger partial charge in [0, 0.05) is 12.2 Å². The van der Waals surface area contributed by atoms with Crippen LogP contribution >= 0.6 is 0 Å². The number of hydrogen-bond acceptors (Lipinski definition) is 3. The van der Waals surface area contributed by atoms with E-state index in [0.717, 1.165) is 23.1 Å². The van der Waals surface area contributed by atoms with Gasteiger partial charge in [-0.2, -0.15) is 0 Å². The molecule has 0 saturated carbocycles. The molecule has 0 fully saturated rings. The van der Waals surface area contributed by atoms with Gasteiger partial charge in [-0.25, -0.2) is 9.97 Å². The second kappa shape index (κ2) is 4.35. The van der Waals surface area contributed by atoms with Gasteiger partial charge >= 0.3 is 0 Å². The van der Waals surface area contributed by atoms with Gasteiger partial charge in [0.25, 0.3) is 0 Å². The summed E-state index contributed by atoms with van der Waals surface area (Å²) in [6, 6.07) is 2.28. The lowest BCUT2D eigenvalue weighted by Gasteiger charge is -2.21. The second-order valence-corrected chi connectivity index (χ2v) is 4.77. The van der Waals surface area contributed by atoms with Crippen molar-refractivity contribution >= 4 is 17.1 Å². The van der Waals surface area contributed by atoms with Crippen LogP contribution in [-0.2, 0) is 0 Å². The minimum absolute atomic E-state index is 0.319. The summed E-state index contributed by atoms with van der Waals surface area (Å²) in [6.45, 7) is 8.63. The maximum Gasteiger partial charge on any atom is 0.202 e. The molecular weight excluding hydrogens is 212 g/mol. The lowest BCUT2D eigenvalue weighted by atomic mass is 10.0. The van der Waals surface area contributed by atoms with Crippen LogP contribution in [0.15, 0.2) is 12.3 Å². The third kappa shape index (κ3) is 1.88. The molecule has 4 nitrogen and oxygen atoms in total.